The van der Waals surface area contributed by atoms with Crippen LogP contribution in [-0.4, -0.2) is 22.0 Å². The molecule has 0 spiro atoms. The van der Waals surface area contributed by atoms with Crippen molar-refractivity contribution >= 4 is 16.8 Å². The van der Waals surface area contributed by atoms with Gasteiger partial charge in [-0.25, -0.2) is 0 Å². The van der Waals surface area contributed by atoms with Crippen molar-refractivity contribution in [1.82, 2.24) is 9.47 Å². The fourth-order valence-corrected chi connectivity index (χ4v) is 5.91. The van der Waals surface area contributed by atoms with Crippen LogP contribution in [0.3, 0.4) is 0 Å². The summed E-state index contributed by atoms with van der Waals surface area (Å²) >= 11 is 0. The van der Waals surface area contributed by atoms with Crippen LogP contribution in [0, 0.1) is 0 Å². The highest BCUT2D eigenvalue weighted by Gasteiger charge is 2.56. The lowest BCUT2D eigenvalue weighted by molar-refractivity contribution is -0.159. The summed E-state index contributed by atoms with van der Waals surface area (Å²) in [5.41, 5.74) is 5.10. The van der Waals surface area contributed by atoms with Gasteiger partial charge in [-0.3, -0.25) is 9.69 Å². The maximum atomic E-state index is 13.8. The molecule has 1 aromatic heterocycles. The van der Waals surface area contributed by atoms with E-state index in [1.54, 1.807) is 0 Å². The molecular formula is C29H28N2O2. The minimum atomic E-state index is -0.742. The van der Waals surface area contributed by atoms with Crippen molar-refractivity contribution in [3.8, 4) is 0 Å². The molecule has 4 nitrogen and oxygen atoms in total. The number of aromatic nitrogens is 1. The van der Waals surface area contributed by atoms with E-state index < -0.39 is 5.72 Å². The lowest BCUT2D eigenvalue weighted by Crippen LogP contribution is -2.52. The van der Waals surface area contributed by atoms with E-state index in [1.165, 1.54) is 16.5 Å². The Bertz CT molecular complexity index is 1310. The van der Waals surface area contributed by atoms with Crippen LogP contribution in [0.15, 0.2) is 84.9 Å². The fraction of sp³-hybridized carbons (Fsp3) is 0.276. The first kappa shape index (κ1) is 20.3. The summed E-state index contributed by atoms with van der Waals surface area (Å²) < 4.78 is 9.15. The summed E-state index contributed by atoms with van der Waals surface area (Å²) in [5.74, 6) is 0.157. The van der Waals surface area contributed by atoms with Gasteiger partial charge in [0.1, 0.15) is 0 Å². The van der Waals surface area contributed by atoms with Crippen molar-refractivity contribution in [2.24, 2.45) is 0 Å². The molecule has 2 aliphatic rings. The third kappa shape index (κ3) is 3.05. The highest BCUT2D eigenvalue weighted by molar-refractivity contribution is 5.94. The summed E-state index contributed by atoms with van der Waals surface area (Å²) in [6.07, 6.45) is 2.12. The smallest absolute Gasteiger partial charge is 0.230 e. The average molecular weight is 437 g/mol. The van der Waals surface area contributed by atoms with Crippen LogP contribution in [0.2, 0.25) is 0 Å². The summed E-state index contributed by atoms with van der Waals surface area (Å²) in [6.45, 7) is 3.45. The van der Waals surface area contributed by atoms with E-state index in [0.29, 0.717) is 13.0 Å². The number of carbonyl (C=O) groups excluding carboxylic acids is 1. The first-order chi connectivity index (χ1) is 16.2. The Balaban J connectivity index is 1.59. The Labute approximate surface area is 194 Å². The van der Waals surface area contributed by atoms with Crippen molar-refractivity contribution in [3.05, 3.63) is 107 Å². The quantitative estimate of drug-likeness (QED) is 0.396. The number of nitrogens with zero attached hydrogens (tertiary/aromatic N) is 2. The average Bonchev–Trinajstić information content (AvgIpc) is 3.39. The number of hydrogen-bond donors (Lipinski definition) is 0. The van der Waals surface area contributed by atoms with Gasteiger partial charge in [0.15, 0.2) is 5.72 Å². The van der Waals surface area contributed by atoms with Crippen LogP contribution in [0.1, 0.15) is 48.2 Å². The Kier molecular flexibility index (Phi) is 4.84. The molecule has 4 aromatic rings. The van der Waals surface area contributed by atoms with Gasteiger partial charge < -0.3 is 9.30 Å². The lowest BCUT2D eigenvalue weighted by atomic mass is 9.89. The number of fused-ring (bicyclic) bond motifs is 5. The number of hydrogen-bond acceptors (Lipinski definition) is 2. The number of carbonyl (C=O) groups is 1. The molecule has 1 saturated heterocycles. The molecule has 166 valence electrons. The van der Waals surface area contributed by atoms with Crippen molar-refractivity contribution < 1.29 is 9.53 Å². The van der Waals surface area contributed by atoms with E-state index in [-0.39, 0.29) is 11.9 Å². The largest absolute Gasteiger partial charge is 0.347 e. The third-order valence-corrected chi connectivity index (χ3v) is 7.18. The maximum Gasteiger partial charge on any atom is 0.230 e. The minimum Gasteiger partial charge on any atom is -0.347 e. The predicted molar refractivity (Wildman–Crippen MR) is 130 cm³/mol. The molecule has 0 bridgehead atoms. The molecule has 0 N–H and O–H groups in total. The molecule has 0 radical (unpaired) electrons. The second kappa shape index (κ2) is 7.89. The first-order valence-corrected chi connectivity index (χ1v) is 11.9. The van der Waals surface area contributed by atoms with Gasteiger partial charge in [-0.2, -0.15) is 0 Å². The van der Waals surface area contributed by atoms with Crippen LogP contribution in [0.4, 0.5) is 0 Å². The predicted octanol–water partition coefficient (Wildman–Crippen LogP) is 5.80. The molecule has 2 aliphatic heterocycles. The van der Waals surface area contributed by atoms with E-state index in [1.807, 2.05) is 18.2 Å². The molecule has 0 unspecified atom stereocenters. The molecule has 6 rings (SSSR count). The van der Waals surface area contributed by atoms with E-state index in [0.717, 1.165) is 36.2 Å². The number of amides is 1. The van der Waals surface area contributed by atoms with Gasteiger partial charge in [0.25, 0.3) is 0 Å². The highest BCUT2D eigenvalue weighted by Crippen LogP contribution is 2.52. The van der Waals surface area contributed by atoms with Crippen molar-refractivity contribution in [1.29, 1.82) is 0 Å². The third-order valence-electron chi connectivity index (χ3n) is 7.18. The van der Waals surface area contributed by atoms with Crippen LogP contribution in [0.5, 0.6) is 0 Å². The van der Waals surface area contributed by atoms with E-state index in [2.05, 4.69) is 83.1 Å². The van der Waals surface area contributed by atoms with Crippen molar-refractivity contribution in [2.45, 2.75) is 44.5 Å². The van der Waals surface area contributed by atoms with Gasteiger partial charge in [-0.1, -0.05) is 92.2 Å². The molecule has 3 aromatic carbocycles. The van der Waals surface area contributed by atoms with Gasteiger partial charge in [-0.05, 0) is 22.8 Å². The molecule has 33 heavy (non-hydrogen) atoms. The maximum absolute atomic E-state index is 13.8. The van der Waals surface area contributed by atoms with Gasteiger partial charge in [0, 0.05) is 23.9 Å². The molecule has 1 amide bonds. The first-order valence-electron chi connectivity index (χ1n) is 11.9. The van der Waals surface area contributed by atoms with Crippen molar-refractivity contribution in [2.75, 3.05) is 6.61 Å². The van der Waals surface area contributed by atoms with Gasteiger partial charge in [0.2, 0.25) is 5.91 Å². The molecule has 0 saturated carbocycles. The summed E-state index contributed by atoms with van der Waals surface area (Å²) in [7, 11) is 0. The van der Waals surface area contributed by atoms with Gasteiger partial charge >= 0.3 is 0 Å². The van der Waals surface area contributed by atoms with Crippen LogP contribution in [0.25, 0.3) is 10.9 Å². The number of benzene rings is 3. The van der Waals surface area contributed by atoms with E-state index >= 15 is 0 Å². The standard InChI is InChI=1S/C29H28N2O2/c1-2-17-29-28-24(18-27(32)31(29)26(20-33-29)22-13-7-4-8-14-22)23-15-9-10-16-25(23)30(28)19-21-11-5-3-6-12-21/h3-16,26H,2,17-20H2,1H3/t26-,29-/m0/s1. The number of rotatable bonds is 5. The lowest BCUT2D eigenvalue weighted by Gasteiger charge is -2.43. The Morgan fingerprint density at radius 3 is 2.39 bits per heavy atom. The zero-order valence-corrected chi connectivity index (χ0v) is 18.9. The van der Waals surface area contributed by atoms with Gasteiger partial charge in [-0.15, -0.1) is 0 Å². The summed E-state index contributed by atoms with van der Waals surface area (Å²) in [4.78, 5) is 15.8. The summed E-state index contributed by atoms with van der Waals surface area (Å²) in [6, 6.07) is 29.3. The van der Waals surface area contributed by atoms with E-state index in [9.17, 15) is 4.79 Å². The van der Waals surface area contributed by atoms with Crippen LogP contribution < -0.4 is 0 Å². The molecule has 0 aliphatic carbocycles. The van der Waals surface area contributed by atoms with Crippen LogP contribution in [-0.2, 0) is 28.2 Å². The fourth-order valence-electron chi connectivity index (χ4n) is 5.91. The summed E-state index contributed by atoms with van der Waals surface area (Å²) in [5, 5.41) is 1.17. The monoisotopic (exact) mass is 436 g/mol. The van der Waals surface area contributed by atoms with Crippen molar-refractivity contribution in [3.63, 3.8) is 0 Å². The van der Waals surface area contributed by atoms with E-state index in [4.69, 9.17) is 4.74 Å². The molecule has 3 heterocycles. The zero-order valence-electron chi connectivity index (χ0n) is 18.9. The SMILES string of the molecule is CCC[C@@]12OC[C@@H](c3ccccc3)N1C(=O)Cc1c2n(Cc2ccccc2)c2ccccc12. The Hall–Kier alpha value is -3.37. The molecular weight excluding hydrogens is 408 g/mol. The Morgan fingerprint density at radius 1 is 0.939 bits per heavy atom. The molecule has 1 fully saturated rings. The molecule has 2 atom stereocenters. The minimum absolute atomic E-state index is 0.0680. The highest BCUT2D eigenvalue weighted by atomic mass is 16.5. The van der Waals surface area contributed by atoms with Crippen LogP contribution >= 0.6 is 0 Å². The zero-order chi connectivity index (χ0) is 22.4. The molecule has 4 heteroatoms. The number of para-hydroxylation sites is 1. The number of ether oxygens (including phenoxy) is 1. The second-order valence-electron chi connectivity index (χ2n) is 9.13. The normalized spacial score (nSPS) is 21.9. The second-order valence-corrected chi connectivity index (χ2v) is 9.13. The van der Waals surface area contributed by atoms with Gasteiger partial charge in [0.05, 0.1) is 24.8 Å². The Morgan fingerprint density at radius 2 is 1.64 bits per heavy atom. The topological polar surface area (TPSA) is 34.5 Å².